The first-order chi connectivity index (χ1) is 9.52. The molecule has 0 unspecified atom stereocenters. The Kier molecular flexibility index (Phi) is 6.87. The predicted molar refractivity (Wildman–Crippen MR) is 81.8 cm³/mol. The molecular formula is C15H25N3O2. The number of ether oxygens (including phenoxy) is 1. The molecule has 112 valence electrons. The van der Waals surface area contributed by atoms with Crippen LogP contribution in [0.2, 0.25) is 0 Å². The average Bonchev–Trinajstić information content (AvgIpc) is 2.42. The second-order valence-electron chi connectivity index (χ2n) is 5.04. The number of benzene rings is 1. The van der Waals surface area contributed by atoms with Gasteiger partial charge in [-0.25, -0.2) is 0 Å². The molecule has 0 fully saturated rings. The van der Waals surface area contributed by atoms with Crippen LogP contribution in [0.4, 0.5) is 5.69 Å². The van der Waals surface area contributed by atoms with E-state index in [0.29, 0.717) is 11.4 Å². The molecule has 0 radical (unpaired) electrons. The summed E-state index contributed by atoms with van der Waals surface area (Å²) in [4.78, 5) is 16.1. The van der Waals surface area contributed by atoms with Crippen LogP contribution in [0.5, 0.6) is 5.75 Å². The second-order valence-corrected chi connectivity index (χ2v) is 5.04. The summed E-state index contributed by atoms with van der Waals surface area (Å²) in [6.45, 7) is 4.48. The van der Waals surface area contributed by atoms with Crippen LogP contribution in [0.3, 0.4) is 0 Å². The fourth-order valence-corrected chi connectivity index (χ4v) is 1.75. The van der Waals surface area contributed by atoms with Gasteiger partial charge in [0.1, 0.15) is 5.75 Å². The molecule has 0 aliphatic rings. The highest BCUT2D eigenvalue weighted by Crippen LogP contribution is 2.13. The minimum atomic E-state index is 0.0190. The Morgan fingerprint density at radius 3 is 2.35 bits per heavy atom. The molecule has 0 aliphatic heterocycles. The van der Waals surface area contributed by atoms with Crippen LogP contribution in [0.1, 0.15) is 13.3 Å². The number of nitrogen functional groups attached to an aromatic ring is 1. The van der Waals surface area contributed by atoms with Crippen LogP contribution < -0.4 is 10.5 Å². The molecule has 0 heterocycles. The Labute approximate surface area is 121 Å². The Bertz CT molecular complexity index is 404. The zero-order valence-electron chi connectivity index (χ0n) is 12.6. The lowest BCUT2D eigenvalue weighted by Crippen LogP contribution is -2.39. The van der Waals surface area contributed by atoms with Gasteiger partial charge >= 0.3 is 0 Å². The van der Waals surface area contributed by atoms with E-state index in [9.17, 15) is 4.79 Å². The highest BCUT2D eigenvalue weighted by molar-refractivity contribution is 5.77. The van der Waals surface area contributed by atoms with Crippen molar-refractivity contribution in [3.05, 3.63) is 24.3 Å². The van der Waals surface area contributed by atoms with Crippen LogP contribution >= 0.6 is 0 Å². The van der Waals surface area contributed by atoms with Gasteiger partial charge in [-0.2, -0.15) is 0 Å². The Hall–Kier alpha value is -1.75. The van der Waals surface area contributed by atoms with Crippen molar-refractivity contribution < 1.29 is 9.53 Å². The van der Waals surface area contributed by atoms with Gasteiger partial charge in [0, 0.05) is 25.3 Å². The van der Waals surface area contributed by atoms with Crippen LogP contribution in [-0.2, 0) is 4.79 Å². The molecule has 1 rings (SSSR count). The maximum atomic E-state index is 12.1. The van der Waals surface area contributed by atoms with Gasteiger partial charge in [0.15, 0.2) is 6.61 Å². The molecule has 20 heavy (non-hydrogen) atoms. The van der Waals surface area contributed by atoms with Gasteiger partial charge < -0.3 is 20.3 Å². The number of carbonyl (C=O) groups is 1. The SMILES string of the molecule is CCCN(CCN(C)C)C(=O)COc1ccc(N)cc1. The van der Waals surface area contributed by atoms with Crippen molar-refractivity contribution in [1.29, 1.82) is 0 Å². The van der Waals surface area contributed by atoms with E-state index in [4.69, 9.17) is 10.5 Å². The van der Waals surface area contributed by atoms with Crippen LogP contribution in [0.25, 0.3) is 0 Å². The fraction of sp³-hybridized carbons (Fsp3) is 0.533. The average molecular weight is 279 g/mol. The normalized spacial score (nSPS) is 10.6. The third-order valence-corrected chi connectivity index (χ3v) is 2.91. The molecule has 0 aromatic heterocycles. The summed E-state index contributed by atoms with van der Waals surface area (Å²) in [5, 5.41) is 0. The highest BCUT2D eigenvalue weighted by atomic mass is 16.5. The maximum Gasteiger partial charge on any atom is 0.260 e. The third kappa shape index (κ3) is 5.93. The number of amides is 1. The van der Waals surface area contributed by atoms with Gasteiger partial charge in [0.25, 0.3) is 5.91 Å². The first kappa shape index (κ1) is 16.3. The molecule has 1 amide bonds. The van der Waals surface area contributed by atoms with Crippen molar-refractivity contribution in [3.63, 3.8) is 0 Å². The van der Waals surface area contributed by atoms with Crippen molar-refractivity contribution in [2.24, 2.45) is 0 Å². The topological polar surface area (TPSA) is 58.8 Å². The molecular weight excluding hydrogens is 254 g/mol. The Morgan fingerprint density at radius 1 is 1.15 bits per heavy atom. The van der Waals surface area contributed by atoms with E-state index < -0.39 is 0 Å². The van der Waals surface area contributed by atoms with Gasteiger partial charge in [-0.05, 0) is 44.8 Å². The van der Waals surface area contributed by atoms with E-state index in [0.717, 1.165) is 26.1 Å². The molecule has 0 saturated heterocycles. The standard InChI is InChI=1S/C15H25N3O2/c1-4-9-18(11-10-17(2)3)15(19)12-20-14-7-5-13(16)6-8-14/h5-8H,4,9-12,16H2,1-3H3. The zero-order valence-corrected chi connectivity index (χ0v) is 12.6. The molecule has 0 bridgehead atoms. The smallest absolute Gasteiger partial charge is 0.260 e. The zero-order chi connectivity index (χ0) is 15.0. The fourth-order valence-electron chi connectivity index (χ4n) is 1.75. The number of hydrogen-bond acceptors (Lipinski definition) is 4. The number of hydrogen-bond donors (Lipinski definition) is 1. The number of likely N-dealkylation sites (N-methyl/N-ethyl adjacent to an activating group) is 1. The Balaban J connectivity index is 2.46. The summed E-state index contributed by atoms with van der Waals surface area (Å²) in [6, 6.07) is 7.06. The van der Waals surface area contributed by atoms with Crippen LogP contribution in [0, 0.1) is 0 Å². The molecule has 0 saturated carbocycles. The number of rotatable bonds is 8. The van der Waals surface area contributed by atoms with Gasteiger partial charge in [0.05, 0.1) is 0 Å². The quantitative estimate of drug-likeness (QED) is 0.732. The summed E-state index contributed by atoms with van der Waals surface area (Å²) < 4.78 is 5.50. The molecule has 5 nitrogen and oxygen atoms in total. The lowest BCUT2D eigenvalue weighted by Gasteiger charge is -2.24. The number of nitrogens with two attached hydrogens (primary N) is 1. The first-order valence-electron chi connectivity index (χ1n) is 6.93. The van der Waals surface area contributed by atoms with Crippen molar-refractivity contribution in [2.45, 2.75) is 13.3 Å². The van der Waals surface area contributed by atoms with Crippen molar-refractivity contribution in [3.8, 4) is 5.75 Å². The van der Waals surface area contributed by atoms with E-state index in [1.165, 1.54) is 0 Å². The predicted octanol–water partition coefficient (Wildman–Crippen LogP) is 1.45. The largest absolute Gasteiger partial charge is 0.484 e. The van der Waals surface area contributed by atoms with E-state index in [1.807, 2.05) is 19.0 Å². The molecule has 0 spiro atoms. The highest BCUT2D eigenvalue weighted by Gasteiger charge is 2.13. The van der Waals surface area contributed by atoms with Crippen LogP contribution in [0.15, 0.2) is 24.3 Å². The third-order valence-electron chi connectivity index (χ3n) is 2.91. The Morgan fingerprint density at radius 2 is 1.80 bits per heavy atom. The van der Waals surface area contributed by atoms with Crippen molar-refractivity contribution >= 4 is 11.6 Å². The summed E-state index contributed by atoms with van der Waals surface area (Å²) >= 11 is 0. The summed E-state index contributed by atoms with van der Waals surface area (Å²) in [5.41, 5.74) is 6.29. The molecule has 2 N–H and O–H groups in total. The van der Waals surface area contributed by atoms with Gasteiger partial charge in [-0.15, -0.1) is 0 Å². The van der Waals surface area contributed by atoms with Crippen molar-refractivity contribution in [2.75, 3.05) is 46.1 Å². The van der Waals surface area contributed by atoms with E-state index >= 15 is 0 Å². The summed E-state index contributed by atoms with van der Waals surface area (Å²) in [7, 11) is 4.00. The minimum Gasteiger partial charge on any atom is -0.484 e. The van der Waals surface area contributed by atoms with E-state index in [1.54, 1.807) is 24.3 Å². The van der Waals surface area contributed by atoms with Gasteiger partial charge in [-0.1, -0.05) is 6.92 Å². The van der Waals surface area contributed by atoms with Gasteiger partial charge in [0.2, 0.25) is 0 Å². The molecule has 1 aromatic rings. The van der Waals surface area contributed by atoms with Gasteiger partial charge in [-0.3, -0.25) is 4.79 Å². The number of anilines is 1. The molecule has 5 heteroatoms. The summed E-state index contributed by atoms with van der Waals surface area (Å²) in [5.74, 6) is 0.683. The number of carbonyl (C=O) groups excluding carboxylic acids is 1. The first-order valence-corrected chi connectivity index (χ1v) is 6.93. The second kappa shape index (κ2) is 8.43. The van der Waals surface area contributed by atoms with Crippen LogP contribution in [-0.4, -0.2) is 56.0 Å². The van der Waals surface area contributed by atoms with E-state index in [2.05, 4.69) is 11.8 Å². The lowest BCUT2D eigenvalue weighted by atomic mass is 10.3. The summed E-state index contributed by atoms with van der Waals surface area (Å²) in [6.07, 6.45) is 0.945. The monoisotopic (exact) mass is 279 g/mol. The maximum absolute atomic E-state index is 12.1. The minimum absolute atomic E-state index is 0.0190. The van der Waals surface area contributed by atoms with Crippen molar-refractivity contribution in [1.82, 2.24) is 9.80 Å². The molecule has 0 aliphatic carbocycles. The lowest BCUT2D eigenvalue weighted by molar-refractivity contribution is -0.133. The molecule has 0 atom stereocenters. The molecule has 1 aromatic carbocycles. The van der Waals surface area contributed by atoms with E-state index in [-0.39, 0.29) is 12.5 Å². The number of nitrogens with zero attached hydrogens (tertiary/aromatic N) is 2.